The lowest BCUT2D eigenvalue weighted by Crippen LogP contribution is -2.63. The van der Waals surface area contributed by atoms with E-state index in [2.05, 4.69) is 20.4 Å². The van der Waals surface area contributed by atoms with Crippen LogP contribution in [0.15, 0.2) is 0 Å². The Kier molecular flexibility index (Phi) is 4.81. The molecule has 3 aliphatic carbocycles. The molecule has 5 aliphatic heterocycles. The highest BCUT2D eigenvalue weighted by Crippen LogP contribution is 2.53. The van der Waals surface area contributed by atoms with E-state index in [0.29, 0.717) is 0 Å². The predicted octanol–water partition coefficient (Wildman–Crippen LogP) is 3.75. The number of hydrogen-bond acceptors (Lipinski definition) is 4. The van der Waals surface area contributed by atoms with Crippen LogP contribution in [0.4, 0.5) is 0 Å². The zero-order valence-electron chi connectivity index (χ0n) is 20.1. The van der Waals surface area contributed by atoms with Crippen LogP contribution in [0.2, 0.25) is 0 Å². The Labute approximate surface area is 195 Å². The summed E-state index contributed by atoms with van der Waals surface area (Å²) in [5.74, 6) is 3.81. The Morgan fingerprint density at radius 2 is 1.16 bits per heavy atom. The number of nitrogens with one attached hydrogen (secondary N) is 2. The van der Waals surface area contributed by atoms with Crippen LogP contribution in [0, 0.1) is 23.7 Å². The van der Waals surface area contributed by atoms with Crippen molar-refractivity contribution in [3.63, 3.8) is 0 Å². The molecule has 4 heteroatoms. The Bertz CT molecular complexity index is 668. The molecule has 12 atom stereocenters. The monoisotopic (exact) mass is 438 g/mol. The average Bonchev–Trinajstić information content (AvgIpc) is 3.34. The second-order valence-corrected chi connectivity index (χ2v) is 13.4. The third kappa shape index (κ3) is 2.82. The molecule has 12 unspecified atom stereocenters. The molecule has 0 aromatic rings. The summed E-state index contributed by atoms with van der Waals surface area (Å²) in [6.07, 6.45) is 21.0. The summed E-state index contributed by atoms with van der Waals surface area (Å²) >= 11 is 0. The molecule has 0 aromatic carbocycles. The van der Waals surface area contributed by atoms with E-state index in [-0.39, 0.29) is 0 Å². The van der Waals surface area contributed by atoms with Crippen molar-refractivity contribution in [2.75, 3.05) is 13.1 Å². The lowest BCUT2D eigenvalue weighted by Gasteiger charge is -2.47. The highest BCUT2D eigenvalue weighted by molar-refractivity contribution is 5.19. The summed E-state index contributed by atoms with van der Waals surface area (Å²) in [6.45, 7) is 2.57. The third-order valence-electron chi connectivity index (χ3n) is 12.3. The topological polar surface area (TPSA) is 30.5 Å². The lowest BCUT2D eigenvalue weighted by molar-refractivity contribution is 0.0345. The van der Waals surface area contributed by atoms with Crippen LogP contribution in [-0.4, -0.2) is 71.2 Å². The van der Waals surface area contributed by atoms with Crippen LogP contribution in [0.1, 0.15) is 89.9 Å². The fourth-order valence-electron chi connectivity index (χ4n) is 11.3. The van der Waals surface area contributed by atoms with Crippen molar-refractivity contribution < 1.29 is 0 Å². The fraction of sp³-hybridized carbons (Fsp3) is 1.00. The van der Waals surface area contributed by atoms with E-state index in [1.165, 1.54) is 103 Å². The summed E-state index contributed by atoms with van der Waals surface area (Å²) < 4.78 is 0. The number of hydrogen-bond donors (Lipinski definition) is 2. The van der Waals surface area contributed by atoms with Gasteiger partial charge >= 0.3 is 0 Å². The zero-order valence-corrected chi connectivity index (χ0v) is 20.1. The number of fused-ring (bicyclic) bond motifs is 13. The van der Waals surface area contributed by atoms with E-state index in [4.69, 9.17) is 0 Å². The van der Waals surface area contributed by atoms with Crippen molar-refractivity contribution >= 4 is 0 Å². The van der Waals surface area contributed by atoms with Gasteiger partial charge in [0.1, 0.15) is 0 Å². The van der Waals surface area contributed by atoms with Crippen LogP contribution >= 0.6 is 0 Å². The van der Waals surface area contributed by atoms with Gasteiger partial charge in [-0.3, -0.25) is 9.80 Å². The highest BCUT2D eigenvalue weighted by atomic mass is 15.4. The summed E-state index contributed by atoms with van der Waals surface area (Å²) in [7, 11) is 0. The summed E-state index contributed by atoms with van der Waals surface area (Å²) in [5.41, 5.74) is 0. The average molecular weight is 439 g/mol. The predicted molar refractivity (Wildman–Crippen MR) is 129 cm³/mol. The standard InChI is InChI=1S/C28H46N4/c1-3-10-23-21(8-1)27-25-14-26-28(30-27)22-9-2-4-11-24(22)32(26)20-13-18(15-29-16-20)17-6-5-7-19(12-17)31(23)25/h17-30H,1-16H2. The van der Waals surface area contributed by atoms with Crippen LogP contribution in [0.25, 0.3) is 0 Å². The molecule has 0 radical (unpaired) electrons. The zero-order chi connectivity index (χ0) is 20.8. The number of piperidine rings is 2. The Morgan fingerprint density at radius 1 is 0.500 bits per heavy atom. The molecule has 178 valence electrons. The molecule has 0 amide bonds. The first-order chi connectivity index (χ1) is 15.9. The van der Waals surface area contributed by atoms with Gasteiger partial charge in [-0.25, -0.2) is 0 Å². The minimum Gasteiger partial charge on any atom is -0.315 e. The van der Waals surface area contributed by atoms with Gasteiger partial charge in [0.15, 0.2) is 0 Å². The summed E-state index contributed by atoms with van der Waals surface area (Å²) in [6, 6.07) is 6.74. The Morgan fingerprint density at radius 3 is 1.91 bits per heavy atom. The molecule has 0 aromatic heterocycles. The second kappa shape index (κ2) is 7.67. The molecule has 32 heavy (non-hydrogen) atoms. The van der Waals surface area contributed by atoms with Crippen molar-refractivity contribution in [1.29, 1.82) is 0 Å². The normalized spacial score (nSPS) is 57.4. The van der Waals surface area contributed by atoms with E-state index < -0.39 is 0 Å². The van der Waals surface area contributed by atoms with Crippen LogP contribution in [-0.2, 0) is 0 Å². The molecule has 5 heterocycles. The fourth-order valence-corrected chi connectivity index (χ4v) is 11.3. The minimum atomic E-state index is 0.796. The van der Waals surface area contributed by atoms with E-state index in [1.807, 2.05) is 0 Å². The number of rotatable bonds is 0. The molecular weight excluding hydrogens is 392 g/mol. The molecule has 5 saturated heterocycles. The molecule has 6 bridgehead atoms. The SMILES string of the molecule is C1CCC2C(C1)C1NC3C4CCCCC4N4C5CNCC(C5)C5CCCC(C5)N2C1CC34. The van der Waals surface area contributed by atoms with Gasteiger partial charge in [-0.1, -0.05) is 38.5 Å². The van der Waals surface area contributed by atoms with Crippen LogP contribution < -0.4 is 10.6 Å². The largest absolute Gasteiger partial charge is 0.315 e. The van der Waals surface area contributed by atoms with Crippen LogP contribution in [0.5, 0.6) is 0 Å². The first kappa shape index (κ1) is 20.1. The second-order valence-electron chi connectivity index (χ2n) is 13.4. The van der Waals surface area contributed by atoms with Gasteiger partial charge < -0.3 is 10.6 Å². The molecule has 8 aliphatic rings. The molecule has 3 saturated carbocycles. The first-order valence-corrected chi connectivity index (χ1v) is 14.9. The third-order valence-corrected chi connectivity index (χ3v) is 12.3. The first-order valence-electron chi connectivity index (χ1n) is 14.9. The van der Waals surface area contributed by atoms with E-state index in [9.17, 15) is 0 Å². The lowest BCUT2D eigenvalue weighted by atomic mass is 9.73. The van der Waals surface area contributed by atoms with Crippen molar-refractivity contribution in [3.05, 3.63) is 0 Å². The maximum atomic E-state index is 4.52. The quantitative estimate of drug-likeness (QED) is 0.603. The minimum absolute atomic E-state index is 0.796. The van der Waals surface area contributed by atoms with Gasteiger partial charge in [0.2, 0.25) is 0 Å². The van der Waals surface area contributed by atoms with E-state index in [1.54, 1.807) is 0 Å². The maximum absolute atomic E-state index is 4.52. The van der Waals surface area contributed by atoms with Gasteiger partial charge in [0.05, 0.1) is 0 Å². The van der Waals surface area contributed by atoms with Crippen molar-refractivity contribution in [3.8, 4) is 0 Å². The van der Waals surface area contributed by atoms with Crippen LogP contribution in [0.3, 0.4) is 0 Å². The van der Waals surface area contributed by atoms with Crippen molar-refractivity contribution in [1.82, 2.24) is 20.4 Å². The summed E-state index contributed by atoms with van der Waals surface area (Å²) in [5, 5.41) is 8.50. The highest BCUT2D eigenvalue weighted by Gasteiger charge is 2.61. The molecule has 8 rings (SSSR count). The summed E-state index contributed by atoms with van der Waals surface area (Å²) in [4.78, 5) is 6.42. The van der Waals surface area contributed by atoms with E-state index >= 15 is 0 Å². The van der Waals surface area contributed by atoms with Gasteiger partial charge in [0.25, 0.3) is 0 Å². The molecular formula is C28H46N4. The molecule has 8 fully saturated rings. The molecule has 4 nitrogen and oxygen atoms in total. The molecule has 0 spiro atoms. The maximum Gasteiger partial charge on any atom is 0.0274 e. The Balaban J connectivity index is 1.24. The van der Waals surface area contributed by atoms with Crippen molar-refractivity contribution in [2.45, 2.75) is 138 Å². The van der Waals surface area contributed by atoms with Crippen molar-refractivity contribution in [2.24, 2.45) is 23.7 Å². The van der Waals surface area contributed by atoms with Gasteiger partial charge in [-0.2, -0.15) is 0 Å². The molecule has 2 N–H and O–H groups in total. The smallest absolute Gasteiger partial charge is 0.0274 e. The number of nitrogens with zero attached hydrogens (tertiary/aromatic N) is 2. The van der Waals surface area contributed by atoms with Gasteiger partial charge in [0, 0.05) is 54.9 Å². The van der Waals surface area contributed by atoms with E-state index in [0.717, 1.165) is 72.0 Å². The van der Waals surface area contributed by atoms with Gasteiger partial charge in [-0.15, -0.1) is 0 Å². The Hall–Kier alpha value is -0.160. The van der Waals surface area contributed by atoms with Gasteiger partial charge in [-0.05, 0) is 81.6 Å².